The van der Waals surface area contributed by atoms with Crippen LogP contribution in [0.1, 0.15) is 60.3 Å². The molecular weight excluding hydrogens is 420 g/mol. The highest BCUT2D eigenvalue weighted by molar-refractivity contribution is 5.87. The molecule has 0 amide bonds. The Morgan fingerprint density at radius 2 is 1.79 bits per heavy atom. The van der Waals surface area contributed by atoms with E-state index >= 15 is 0 Å². The van der Waals surface area contributed by atoms with Crippen LogP contribution in [0.5, 0.6) is 17.2 Å². The second-order valence-corrected chi connectivity index (χ2v) is 8.00. The van der Waals surface area contributed by atoms with Crippen LogP contribution in [0.3, 0.4) is 0 Å². The summed E-state index contributed by atoms with van der Waals surface area (Å²) < 4.78 is 22.2. The van der Waals surface area contributed by atoms with Gasteiger partial charge >= 0.3 is 11.6 Å². The predicted octanol–water partition coefficient (Wildman–Crippen LogP) is 6.52. The molecule has 0 spiro atoms. The van der Waals surface area contributed by atoms with Gasteiger partial charge in [-0.25, -0.2) is 4.79 Å². The first kappa shape index (κ1) is 26.0. The molecule has 2 aromatic rings. The molecule has 178 valence electrons. The van der Waals surface area contributed by atoms with Crippen molar-refractivity contribution in [3.05, 3.63) is 64.1 Å². The lowest BCUT2D eigenvalue weighted by Gasteiger charge is -2.12. The standard InChI is InChI=1S/C27H34O6/c1-6-7-8-9-16-31-25-23-14-13-22(30-17-15-20(4)12-10-11-19(2)3)18-24(23)33-27(29)26(25)32-21(5)28/h7-8,11,13-15,18H,6,9-10,12,16-17H2,1-5H3/b8-7?,20-15+. The van der Waals surface area contributed by atoms with E-state index in [1.165, 1.54) is 18.1 Å². The lowest BCUT2D eigenvalue weighted by Crippen LogP contribution is -2.13. The predicted molar refractivity (Wildman–Crippen MR) is 131 cm³/mol. The Labute approximate surface area is 195 Å². The van der Waals surface area contributed by atoms with E-state index < -0.39 is 11.6 Å². The molecule has 0 unspecified atom stereocenters. The van der Waals surface area contributed by atoms with E-state index in [0.29, 0.717) is 36.4 Å². The fourth-order valence-electron chi connectivity index (χ4n) is 3.09. The van der Waals surface area contributed by atoms with Gasteiger partial charge in [0, 0.05) is 13.0 Å². The maximum atomic E-state index is 12.5. The molecule has 1 heterocycles. The number of carbonyl (C=O) groups excluding carboxylic acids is 1. The third-order valence-corrected chi connectivity index (χ3v) is 4.74. The molecule has 0 atom stereocenters. The highest BCUT2D eigenvalue weighted by atomic mass is 16.6. The molecule has 0 saturated heterocycles. The lowest BCUT2D eigenvalue weighted by molar-refractivity contribution is -0.132. The molecule has 1 aromatic carbocycles. The maximum absolute atomic E-state index is 12.5. The number of esters is 1. The third-order valence-electron chi connectivity index (χ3n) is 4.74. The molecule has 0 aliphatic rings. The Kier molecular flexibility index (Phi) is 10.5. The summed E-state index contributed by atoms with van der Waals surface area (Å²) in [6.07, 6.45) is 11.9. The molecular formula is C27H34O6. The van der Waals surface area contributed by atoms with Crippen LogP contribution >= 0.6 is 0 Å². The summed E-state index contributed by atoms with van der Waals surface area (Å²) in [4.78, 5) is 24.0. The fourth-order valence-corrected chi connectivity index (χ4v) is 3.09. The van der Waals surface area contributed by atoms with Crippen LogP contribution in [0.2, 0.25) is 0 Å². The van der Waals surface area contributed by atoms with Gasteiger partial charge < -0.3 is 18.6 Å². The number of allylic oxidation sites excluding steroid dienone is 4. The second-order valence-electron chi connectivity index (χ2n) is 8.00. The summed E-state index contributed by atoms with van der Waals surface area (Å²) in [6.45, 7) is 10.3. The van der Waals surface area contributed by atoms with Crippen LogP contribution in [0, 0.1) is 0 Å². The van der Waals surface area contributed by atoms with Crippen molar-refractivity contribution < 1.29 is 23.4 Å². The smallest absolute Gasteiger partial charge is 0.383 e. The molecule has 6 nitrogen and oxygen atoms in total. The SMILES string of the molecule is CCC=CCCOc1c(OC(C)=O)c(=O)oc2cc(OC/C=C(\C)CCC=C(C)C)ccc12. The molecule has 0 aliphatic heterocycles. The molecule has 0 radical (unpaired) electrons. The van der Waals surface area contributed by atoms with Crippen LogP contribution in [0.25, 0.3) is 11.0 Å². The monoisotopic (exact) mass is 454 g/mol. The Morgan fingerprint density at radius 3 is 2.48 bits per heavy atom. The summed E-state index contributed by atoms with van der Waals surface area (Å²) in [6, 6.07) is 5.16. The minimum Gasteiger partial charge on any atom is -0.489 e. The zero-order valence-electron chi connectivity index (χ0n) is 20.2. The van der Waals surface area contributed by atoms with Crippen LogP contribution in [0.15, 0.2) is 62.9 Å². The summed E-state index contributed by atoms with van der Waals surface area (Å²) in [5, 5.41) is 0.533. The largest absolute Gasteiger partial charge is 0.489 e. The van der Waals surface area contributed by atoms with E-state index in [4.69, 9.17) is 18.6 Å². The number of carbonyl (C=O) groups is 1. The van der Waals surface area contributed by atoms with Crippen molar-refractivity contribution in [3.63, 3.8) is 0 Å². The molecule has 1 aromatic heterocycles. The van der Waals surface area contributed by atoms with Crippen molar-refractivity contribution in [3.8, 4) is 17.2 Å². The van der Waals surface area contributed by atoms with Gasteiger partial charge in [0.15, 0.2) is 5.75 Å². The van der Waals surface area contributed by atoms with E-state index in [9.17, 15) is 9.59 Å². The summed E-state index contributed by atoms with van der Waals surface area (Å²) in [5.41, 5.74) is 2.09. The molecule has 0 fully saturated rings. The van der Waals surface area contributed by atoms with Gasteiger partial charge in [-0.2, -0.15) is 0 Å². The van der Waals surface area contributed by atoms with Gasteiger partial charge in [-0.1, -0.05) is 36.3 Å². The molecule has 0 saturated carbocycles. The van der Waals surface area contributed by atoms with Gasteiger partial charge in [-0.3, -0.25) is 4.79 Å². The van der Waals surface area contributed by atoms with E-state index in [-0.39, 0.29) is 11.5 Å². The molecule has 0 aliphatic carbocycles. The first-order valence-corrected chi connectivity index (χ1v) is 11.3. The zero-order valence-corrected chi connectivity index (χ0v) is 20.2. The van der Waals surface area contributed by atoms with E-state index in [1.807, 2.05) is 25.2 Å². The van der Waals surface area contributed by atoms with E-state index in [2.05, 4.69) is 26.8 Å². The molecule has 6 heteroatoms. The number of hydrogen-bond donors (Lipinski definition) is 0. The highest BCUT2D eigenvalue weighted by Crippen LogP contribution is 2.35. The zero-order chi connectivity index (χ0) is 24.2. The normalized spacial score (nSPS) is 11.6. The highest BCUT2D eigenvalue weighted by Gasteiger charge is 2.20. The first-order valence-electron chi connectivity index (χ1n) is 11.3. The molecule has 0 N–H and O–H groups in total. The van der Waals surface area contributed by atoms with Crippen molar-refractivity contribution in [2.45, 2.75) is 60.3 Å². The van der Waals surface area contributed by atoms with Crippen LogP contribution < -0.4 is 19.8 Å². The Hall–Kier alpha value is -3.28. The van der Waals surface area contributed by atoms with Gasteiger partial charge in [0.1, 0.15) is 17.9 Å². The second kappa shape index (κ2) is 13.3. The number of rotatable bonds is 12. The molecule has 0 bridgehead atoms. The number of fused-ring (bicyclic) bond motifs is 1. The minimum absolute atomic E-state index is 0.197. The third kappa shape index (κ3) is 8.64. The summed E-state index contributed by atoms with van der Waals surface area (Å²) in [5.74, 6) is -0.0962. The average Bonchev–Trinajstić information content (AvgIpc) is 2.74. The topological polar surface area (TPSA) is 75.0 Å². The lowest BCUT2D eigenvalue weighted by atomic mass is 10.1. The maximum Gasteiger partial charge on any atom is 0.383 e. The van der Waals surface area contributed by atoms with Crippen molar-refractivity contribution >= 4 is 16.9 Å². The van der Waals surface area contributed by atoms with Crippen molar-refractivity contribution in [2.75, 3.05) is 13.2 Å². The van der Waals surface area contributed by atoms with Crippen molar-refractivity contribution in [2.24, 2.45) is 0 Å². The molecule has 2 rings (SSSR count). The van der Waals surface area contributed by atoms with Crippen LogP contribution in [-0.2, 0) is 4.79 Å². The number of benzene rings is 1. The average molecular weight is 455 g/mol. The quantitative estimate of drug-likeness (QED) is 0.157. The first-order chi connectivity index (χ1) is 15.8. The van der Waals surface area contributed by atoms with Crippen LogP contribution in [-0.4, -0.2) is 19.2 Å². The van der Waals surface area contributed by atoms with Gasteiger partial charge in [0.25, 0.3) is 5.75 Å². The van der Waals surface area contributed by atoms with Crippen molar-refractivity contribution in [1.29, 1.82) is 0 Å². The number of hydrogen-bond acceptors (Lipinski definition) is 6. The van der Waals surface area contributed by atoms with Gasteiger partial charge in [-0.15, -0.1) is 0 Å². The summed E-state index contributed by atoms with van der Waals surface area (Å²) >= 11 is 0. The van der Waals surface area contributed by atoms with Gasteiger partial charge in [0.05, 0.1) is 12.0 Å². The van der Waals surface area contributed by atoms with Gasteiger partial charge in [-0.05, 0) is 64.7 Å². The van der Waals surface area contributed by atoms with Gasteiger partial charge in [0.2, 0.25) is 0 Å². The Bertz CT molecular complexity index is 1080. The van der Waals surface area contributed by atoms with Crippen LogP contribution in [0.4, 0.5) is 0 Å². The van der Waals surface area contributed by atoms with Crippen molar-refractivity contribution in [1.82, 2.24) is 0 Å². The summed E-state index contributed by atoms with van der Waals surface area (Å²) in [7, 11) is 0. The van der Waals surface area contributed by atoms with E-state index in [0.717, 1.165) is 19.3 Å². The minimum atomic E-state index is -0.774. The Morgan fingerprint density at radius 1 is 1.00 bits per heavy atom. The van der Waals surface area contributed by atoms with E-state index in [1.54, 1.807) is 18.2 Å². The fraction of sp³-hybridized carbons (Fsp3) is 0.407. The Balaban J connectivity index is 2.21. The molecule has 33 heavy (non-hydrogen) atoms. The number of ether oxygens (including phenoxy) is 3.